The topological polar surface area (TPSA) is 46.3 Å². The van der Waals surface area contributed by atoms with Gasteiger partial charge in [-0.25, -0.2) is 0 Å². The molecule has 0 radical (unpaired) electrons. The van der Waals surface area contributed by atoms with Crippen molar-refractivity contribution in [1.82, 2.24) is 4.90 Å². The molecule has 3 heteroatoms. The fourth-order valence-corrected chi connectivity index (χ4v) is 4.23. The quantitative estimate of drug-likeness (QED) is 0.863. The Hall–Kier alpha value is -0.570. The molecule has 0 heterocycles. The highest BCUT2D eigenvalue weighted by atomic mass is 16.2. The first kappa shape index (κ1) is 15.8. The Labute approximate surface area is 124 Å². The zero-order chi connectivity index (χ0) is 14.7. The van der Waals surface area contributed by atoms with Gasteiger partial charge in [-0.05, 0) is 44.4 Å². The van der Waals surface area contributed by atoms with Crippen LogP contribution >= 0.6 is 0 Å². The van der Waals surface area contributed by atoms with Crippen molar-refractivity contribution in [1.29, 1.82) is 0 Å². The van der Waals surface area contributed by atoms with E-state index in [1.807, 2.05) is 0 Å². The molecule has 0 aromatic heterocycles. The maximum absolute atomic E-state index is 13.0. The lowest BCUT2D eigenvalue weighted by atomic mass is 9.72. The van der Waals surface area contributed by atoms with E-state index < -0.39 is 0 Å². The number of carbonyl (C=O) groups excluding carboxylic acids is 1. The van der Waals surface area contributed by atoms with E-state index in [9.17, 15) is 4.79 Å². The summed E-state index contributed by atoms with van der Waals surface area (Å²) in [5, 5.41) is 0. The van der Waals surface area contributed by atoms with Crippen molar-refractivity contribution in [2.75, 3.05) is 6.54 Å². The molecular weight excluding hydrogens is 248 g/mol. The maximum Gasteiger partial charge on any atom is 0.226 e. The predicted octanol–water partition coefficient (Wildman–Crippen LogP) is 3.18. The van der Waals surface area contributed by atoms with Crippen LogP contribution in [0.15, 0.2) is 0 Å². The van der Waals surface area contributed by atoms with Crippen molar-refractivity contribution in [3.63, 3.8) is 0 Å². The molecular formula is C17H32N2O. The van der Waals surface area contributed by atoms with Gasteiger partial charge in [0, 0.05) is 24.5 Å². The second kappa shape index (κ2) is 6.93. The van der Waals surface area contributed by atoms with E-state index in [1.54, 1.807) is 0 Å². The third kappa shape index (κ3) is 3.36. The molecule has 0 aliphatic heterocycles. The van der Waals surface area contributed by atoms with Crippen molar-refractivity contribution in [3.05, 3.63) is 0 Å². The van der Waals surface area contributed by atoms with Gasteiger partial charge >= 0.3 is 0 Å². The predicted molar refractivity (Wildman–Crippen MR) is 83.3 cm³/mol. The average Bonchev–Trinajstić information content (AvgIpc) is 2.44. The molecule has 0 bridgehead atoms. The van der Waals surface area contributed by atoms with Crippen LogP contribution in [-0.2, 0) is 4.79 Å². The molecule has 2 saturated carbocycles. The summed E-state index contributed by atoms with van der Waals surface area (Å²) in [5.41, 5.74) is 6.22. The van der Waals surface area contributed by atoms with Gasteiger partial charge in [-0.15, -0.1) is 0 Å². The second-order valence-electron chi connectivity index (χ2n) is 7.11. The SMILES string of the molecule is CCN(C(=O)C1CC(N)C(C)CC1C)C1CCCCC1. The normalized spacial score (nSPS) is 35.8. The number of hydrogen-bond acceptors (Lipinski definition) is 2. The highest BCUT2D eigenvalue weighted by Crippen LogP contribution is 2.35. The molecule has 2 N–H and O–H groups in total. The molecule has 0 spiro atoms. The van der Waals surface area contributed by atoms with E-state index in [4.69, 9.17) is 5.73 Å². The summed E-state index contributed by atoms with van der Waals surface area (Å²) in [5.74, 6) is 1.58. The van der Waals surface area contributed by atoms with Crippen LogP contribution in [0.4, 0.5) is 0 Å². The minimum atomic E-state index is 0.156. The fraction of sp³-hybridized carbons (Fsp3) is 0.941. The fourth-order valence-electron chi connectivity index (χ4n) is 4.23. The zero-order valence-corrected chi connectivity index (χ0v) is 13.5. The number of nitrogens with two attached hydrogens (primary N) is 1. The molecule has 4 atom stereocenters. The Balaban J connectivity index is 2.03. The third-order valence-electron chi connectivity index (χ3n) is 5.64. The molecule has 0 aromatic rings. The van der Waals surface area contributed by atoms with Crippen LogP contribution in [0.2, 0.25) is 0 Å². The number of carbonyl (C=O) groups is 1. The van der Waals surface area contributed by atoms with Gasteiger partial charge in [-0.3, -0.25) is 4.79 Å². The van der Waals surface area contributed by atoms with Crippen molar-refractivity contribution in [2.45, 2.75) is 77.8 Å². The van der Waals surface area contributed by atoms with Crippen molar-refractivity contribution in [3.8, 4) is 0 Å². The van der Waals surface area contributed by atoms with Crippen molar-refractivity contribution < 1.29 is 4.79 Å². The van der Waals surface area contributed by atoms with Crippen LogP contribution in [0, 0.1) is 17.8 Å². The smallest absolute Gasteiger partial charge is 0.226 e. The molecule has 116 valence electrons. The molecule has 2 aliphatic carbocycles. The van der Waals surface area contributed by atoms with E-state index in [2.05, 4.69) is 25.7 Å². The Morgan fingerprint density at radius 1 is 1.10 bits per heavy atom. The first-order chi connectivity index (χ1) is 9.54. The van der Waals surface area contributed by atoms with Crippen LogP contribution in [0.5, 0.6) is 0 Å². The van der Waals surface area contributed by atoms with E-state index in [-0.39, 0.29) is 12.0 Å². The lowest BCUT2D eigenvalue weighted by Crippen LogP contribution is -2.50. The monoisotopic (exact) mass is 280 g/mol. The summed E-state index contributed by atoms with van der Waals surface area (Å²) in [6, 6.07) is 0.689. The summed E-state index contributed by atoms with van der Waals surface area (Å²) >= 11 is 0. The largest absolute Gasteiger partial charge is 0.340 e. The van der Waals surface area contributed by atoms with E-state index in [0.29, 0.717) is 23.8 Å². The van der Waals surface area contributed by atoms with Gasteiger partial charge < -0.3 is 10.6 Å². The number of nitrogens with zero attached hydrogens (tertiary/aromatic N) is 1. The Morgan fingerprint density at radius 2 is 1.75 bits per heavy atom. The number of amides is 1. The Kier molecular flexibility index (Phi) is 5.48. The second-order valence-corrected chi connectivity index (χ2v) is 7.11. The Bertz CT molecular complexity index is 321. The minimum Gasteiger partial charge on any atom is -0.340 e. The summed E-state index contributed by atoms with van der Waals surface area (Å²) < 4.78 is 0. The zero-order valence-electron chi connectivity index (χ0n) is 13.5. The highest BCUT2D eigenvalue weighted by Gasteiger charge is 2.38. The highest BCUT2D eigenvalue weighted by molar-refractivity contribution is 5.79. The molecule has 3 nitrogen and oxygen atoms in total. The van der Waals surface area contributed by atoms with Gasteiger partial charge in [0.05, 0.1) is 0 Å². The lowest BCUT2D eigenvalue weighted by Gasteiger charge is -2.41. The van der Waals surface area contributed by atoms with E-state index >= 15 is 0 Å². The van der Waals surface area contributed by atoms with E-state index in [0.717, 1.165) is 19.4 Å². The van der Waals surface area contributed by atoms with Crippen molar-refractivity contribution >= 4 is 5.91 Å². The van der Waals surface area contributed by atoms with Crippen LogP contribution in [0.3, 0.4) is 0 Å². The molecule has 2 fully saturated rings. The van der Waals surface area contributed by atoms with Gasteiger partial charge in [-0.1, -0.05) is 33.1 Å². The van der Waals surface area contributed by atoms with Gasteiger partial charge in [0.25, 0.3) is 0 Å². The van der Waals surface area contributed by atoms with Crippen LogP contribution in [0.25, 0.3) is 0 Å². The van der Waals surface area contributed by atoms with Gasteiger partial charge in [0.1, 0.15) is 0 Å². The number of hydrogen-bond donors (Lipinski definition) is 1. The van der Waals surface area contributed by atoms with Crippen LogP contribution in [0.1, 0.15) is 65.7 Å². The van der Waals surface area contributed by atoms with Gasteiger partial charge in [-0.2, -0.15) is 0 Å². The van der Waals surface area contributed by atoms with E-state index in [1.165, 1.54) is 32.1 Å². The van der Waals surface area contributed by atoms with Gasteiger partial charge in [0.15, 0.2) is 0 Å². The van der Waals surface area contributed by atoms with Gasteiger partial charge in [0.2, 0.25) is 5.91 Å². The summed E-state index contributed by atoms with van der Waals surface area (Å²) in [6.07, 6.45) is 8.28. The van der Waals surface area contributed by atoms with Crippen molar-refractivity contribution in [2.24, 2.45) is 23.5 Å². The molecule has 2 rings (SSSR count). The number of rotatable bonds is 3. The maximum atomic E-state index is 13.0. The molecule has 20 heavy (non-hydrogen) atoms. The molecule has 0 aromatic carbocycles. The summed E-state index contributed by atoms with van der Waals surface area (Å²) in [4.78, 5) is 15.1. The first-order valence-electron chi connectivity index (χ1n) is 8.60. The summed E-state index contributed by atoms with van der Waals surface area (Å²) in [6.45, 7) is 7.44. The first-order valence-corrected chi connectivity index (χ1v) is 8.60. The molecule has 1 amide bonds. The molecule has 0 saturated heterocycles. The average molecular weight is 280 g/mol. The molecule has 2 aliphatic rings. The molecule has 4 unspecified atom stereocenters. The minimum absolute atomic E-state index is 0.156. The standard InChI is InChI=1S/C17H32N2O/c1-4-19(14-8-6-5-7-9-14)17(20)15-11-16(18)13(3)10-12(15)2/h12-16H,4-11,18H2,1-3H3. The Morgan fingerprint density at radius 3 is 2.35 bits per heavy atom. The van der Waals surface area contributed by atoms with Crippen LogP contribution in [-0.4, -0.2) is 29.4 Å². The lowest BCUT2D eigenvalue weighted by molar-refractivity contribution is -0.141. The third-order valence-corrected chi connectivity index (χ3v) is 5.64. The summed E-state index contributed by atoms with van der Waals surface area (Å²) in [7, 11) is 0. The van der Waals surface area contributed by atoms with Crippen LogP contribution < -0.4 is 5.73 Å².